The fourth-order valence-corrected chi connectivity index (χ4v) is 2.06. The number of rotatable bonds is 6. The van der Waals surface area contributed by atoms with E-state index in [0.717, 1.165) is 17.8 Å². The van der Waals surface area contributed by atoms with Crippen molar-refractivity contribution < 1.29 is 27.9 Å². The van der Waals surface area contributed by atoms with E-state index in [0.29, 0.717) is 6.20 Å². The summed E-state index contributed by atoms with van der Waals surface area (Å²) in [5, 5.41) is 11.6. The minimum atomic E-state index is -4.45. The Hall–Kier alpha value is -1.77. The largest absolute Gasteiger partial charge is 0.481 e. The maximum absolute atomic E-state index is 12.4. The van der Waals surface area contributed by atoms with E-state index in [9.17, 15) is 22.8 Å². The smallest absolute Gasteiger partial charge is 0.417 e. The number of nitrogens with one attached hydrogen (secondary N) is 1. The number of nitrogens with zero attached hydrogens (tertiary/aromatic N) is 1. The number of halogens is 3. The zero-order valence-electron chi connectivity index (χ0n) is 11.8. The molecule has 0 bridgehead atoms. The molecule has 9 heteroatoms. The third kappa shape index (κ3) is 5.55. The van der Waals surface area contributed by atoms with Gasteiger partial charge in [0.25, 0.3) is 0 Å². The molecule has 0 aliphatic rings. The molecule has 0 fully saturated rings. The molecule has 0 aliphatic heterocycles. The molecule has 0 aromatic carbocycles. The second-order valence-corrected chi connectivity index (χ2v) is 5.65. The predicted octanol–water partition coefficient (Wildman–Crippen LogP) is 2.42. The Kier molecular flexibility index (Phi) is 6.21. The summed E-state index contributed by atoms with van der Waals surface area (Å²) >= 11 is 0.972. The minimum absolute atomic E-state index is 0.0605. The molecule has 2 unspecified atom stereocenters. The first-order chi connectivity index (χ1) is 10.1. The molecule has 1 amide bonds. The van der Waals surface area contributed by atoms with Crippen LogP contribution in [-0.2, 0) is 15.8 Å². The molecule has 0 saturated heterocycles. The fraction of sp³-hybridized carbons (Fsp3) is 0.462. The molecule has 122 valence electrons. The van der Waals surface area contributed by atoms with Crippen LogP contribution in [0.2, 0.25) is 0 Å². The Bertz CT molecular complexity index is 534. The van der Waals surface area contributed by atoms with Crippen molar-refractivity contribution in [2.75, 3.05) is 5.75 Å². The van der Waals surface area contributed by atoms with E-state index in [-0.39, 0.29) is 10.8 Å². The van der Waals surface area contributed by atoms with E-state index in [1.807, 2.05) is 0 Å². The minimum Gasteiger partial charge on any atom is -0.481 e. The van der Waals surface area contributed by atoms with Gasteiger partial charge in [0.1, 0.15) is 0 Å². The number of aromatic nitrogens is 1. The zero-order chi connectivity index (χ0) is 16.9. The number of alkyl halides is 3. The van der Waals surface area contributed by atoms with Crippen LogP contribution in [0.5, 0.6) is 0 Å². The normalized spacial score (nSPS) is 14.2. The van der Waals surface area contributed by atoms with Gasteiger partial charge in [-0.25, -0.2) is 4.98 Å². The highest BCUT2D eigenvalue weighted by atomic mass is 32.2. The van der Waals surface area contributed by atoms with Crippen LogP contribution in [0, 0.1) is 5.92 Å². The quantitative estimate of drug-likeness (QED) is 0.780. The summed E-state index contributed by atoms with van der Waals surface area (Å²) in [6, 6.07) is 1.53. The molecule has 1 rings (SSSR count). The van der Waals surface area contributed by atoms with Crippen LogP contribution in [-0.4, -0.2) is 33.8 Å². The highest BCUT2D eigenvalue weighted by Gasteiger charge is 2.30. The van der Waals surface area contributed by atoms with Crippen molar-refractivity contribution in [1.29, 1.82) is 0 Å². The second-order valence-electron chi connectivity index (χ2n) is 4.65. The number of hydrogen-bond acceptors (Lipinski definition) is 4. The van der Waals surface area contributed by atoms with E-state index in [2.05, 4.69) is 10.3 Å². The molecule has 0 saturated carbocycles. The molecule has 0 aliphatic carbocycles. The van der Waals surface area contributed by atoms with Crippen molar-refractivity contribution in [1.82, 2.24) is 10.3 Å². The molecular formula is C13H15F3N2O3S. The summed E-state index contributed by atoms with van der Waals surface area (Å²) in [5.74, 6) is -2.23. The molecule has 2 atom stereocenters. The van der Waals surface area contributed by atoms with Gasteiger partial charge >= 0.3 is 12.1 Å². The molecule has 5 nitrogen and oxygen atoms in total. The molecular weight excluding hydrogens is 321 g/mol. The molecule has 1 aromatic rings. The van der Waals surface area contributed by atoms with Gasteiger partial charge in [0.2, 0.25) is 5.91 Å². The lowest BCUT2D eigenvalue weighted by atomic mass is 10.0. The van der Waals surface area contributed by atoms with Crippen LogP contribution in [0.15, 0.2) is 23.4 Å². The standard InChI is InChI=1S/C13H15F3N2O3S/c1-7(12(20)21)8(2)18-10(19)6-22-11-4-3-9(5-17-11)13(14,15)16/h3-5,7-8H,6H2,1-2H3,(H,18,19)(H,20,21). The summed E-state index contributed by atoms with van der Waals surface area (Å²) in [7, 11) is 0. The summed E-state index contributed by atoms with van der Waals surface area (Å²) in [6.07, 6.45) is -3.74. The number of carbonyl (C=O) groups excluding carboxylic acids is 1. The number of aliphatic carboxylic acids is 1. The number of pyridine rings is 1. The molecule has 0 spiro atoms. The fourth-order valence-electron chi connectivity index (χ4n) is 1.41. The van der Waals surface area contributed by atoms with Gasteiger partial charge in [0.15, 0.2) is 0 Å². The van der Waals surface area contributed by atoms with Crippen molar-refractivity contribution in [3.63, 3.8) is 0 Å². The van der Waals surface area contributed by atoms with Gasteiger partial charge < -0.3 is 10.4 Å². The van der Waals surface area contributed by atoms with Gasteiger partial charge in [0, 0.05) is 12.2 Å². The SMILES string of the molecule is CC(NC(=O)CSc1ccc(C(F)(F)F)cn1)C(C)C(=O)O. The van der Waals surface area contributed by atoms with E-state index in [1.165, 1.54) is 13.0 Å². The predicted molar refractivity (Wildman–Crippen MR) is 74.4 cm³/mol. The number of thioether (sulfide) groups is 1. The number of carboxylic acids is 1. The third-order valence-corrected chi connectivity index (χ3v) is 3.89. The van der Waals surface area contributed by atoms with Crippen LogP contribution in [0.25, 0.3) is 0 Å². The molecule has 22 heavy (non-hydrogen) atoms. The number of carbonyl (C=O) groups is 2. The van der Waals surface area contributed by atoms with E-state index < -0.39 is 35.6 Å². The average molecular weight is 336 g/mol. The first kappa shape index (κ1) is 18.3. The average Bonchev–Trinajstić information content (AvgIpc) is 2.43. The van der Waals surface area contributed by atoms with Crippen molar-refractivity contribution >= 4 is 23.6 Å². The van der Waals surface area contributed by atoms with Gasteiger partial charge in [-0.3, -0.25) is 9.59 Å². The lowest BCUT2D eigenvalue weighted by molar-refractivity contribution is -0.142. The maximum atomic E-state index is 12.4. The van der Waals surface area contributed by atoms with Crippen molar-refractivity contribution in [2.45, 2.75) is 31.1 Å². The Morgan fingerprint density at radius 2 is 2.00 bits per heavy atom. The first-order valence-electron chi connectivity index (χ1n) is 6.29. The maximum Gasteiger partial charge on any atom is 0.417 e. The highest BCUT2D eigenvalue weighted by Crippen LogP contribution is 2.29. The summed E-state index contributed by atoms with van der Waals surface area (Å²) in [4.78, 5) is 26.0. The summed E-state index contributed by atoms with van der Waals surface area (Å²) < 4.78 is 37.1. The van der Waals surface area contributed by atoms with E-state index in [1.54, 1.807) is 6.92 Å². The van der Waals surface area contributed by atoms with Crippen LogP contribution in [0.3, 0.4) is 0 Å². The van der Waals surface area contributed by atoms with Crippen LogP contribution in [0.4, 0.5) is 13.2 Å². The van der Waals surface area contributed by atoms with E-state index in [4.69, 9.17) is 5.11 Å². The van der Waals surface area contributed by atoms with Gasteiger partial charge in [-0.2, -0.15) is 13.2 Å². The summed E-state index contributed by atoms with van der Waals surface area (Å²) in [5.41, 5.74) is -0.856. The molecule has 1 aromatic heterocycles. The van der Waals surface area contributed by atoms with E-state index >= 15 is 0 Å². The number of hydrogen-bond donors (Lipinski definition) is 2. The first-order valence-corrected chi connectivity index (χ1v) is 7.28. The van der Waals surface area contributed by atoms with Crippen LogP contribution in [0.1, 0.15) is 19.4 Å². The monoisotopic (exact) mass is 336 g/mol. The Morgan fingerprint density at radius 1 is 1.36 bits per heavy atom. The van der Waals surface area contributed by atoms with Gasteiger partial charge in [-0.15, -0.1) is 0 Å². The second kappa shape index (κ2) is 7.48. The number of carboxylic acid groups (broad SMARTS) is 1. The topological polar surface area (TPSA) is 79.3 Å². The summed E-state index contributed by atoms with van der Waals surface area (Å²) in [6.45, 7) is 3.04. The van der Waals surface area contributed by atoms with Gasteiger partial charge in [-0.1, -0.05) is 11.8 Å². The lowest BCUT2D eigenvalue weighted by Gasteiger charge is -2.17. The molecule has 2 N–H and O–H groups in total. The Labute approximate surface area is 129 Å². The van der Waals surface area contributed by atoms with Crippen molar-refractivity contribution in [3.8, 4) is 0 Å². The lowest BCUT2D eigenvalue weighted by Crippen LogP contribution is -2.40. The van der Waals surface area contributed by atoms with Crippen molar-refractivity contribution in [2.24, 2.45) is 5.92 Å². The molecule has 1 heterocycles. The third-order valence-electron chi connectivity index (χ3n) is 2.94. The molecule has 0 radical (unpaired) electrons. The van der Waals surface area contributed by atoms with Crippen molar-refractivity contribution in [3.05, 3.63) is 23.9 Å². The number of amides is 1. The van der Waals surface area contributed by atoms with Crippen LogP contribution < -0.4 is 5.32 Å². The highest BCUT2D eigenvalue weighted by molar-refractivity contribution is 7.99. The van der Waals surface area contributed by atoms with Gasteiger partial charge in [-0.05, 0) is 26.0 Å². The van der Waals surface area contributed by atoms with Crippen LogP contribution >= 0.6 is 11.8 Å². The Morgan fingerprint density at radius 3 is 2.45 bits per heavy atom. The zero-order valence-corrected chi connectivity index (χ0v) is 12.7. The van der Waals surface area contributed by atoms with Gasteiger partial charge in [0.05, 0.1) is 22.3 Å². The Balaban J connectivity index is 2.49.